The highest BCUT2D eigenvalue weighted by molar-refractivity contribution is 5.82. The molecule has 1 amide bonds. The van der Waals surface area contributed by atoms with Crippen LogP contribution in [0.15, 0.2) is 48.5 Å². The summed E-state index contributed by atoms with van der Waals surface area (Å²) in [6.07, 6.45) is -3.50. The third-order valence-electron chi connectivity index (χ3n) is 5.73. The number of tetrazole rings is 1. The predicted molar refractivity (Wildman–Crippen MR) is 114 cm³/mol. The summed E-state index contributed by atoms with van der Waals surface area (Å²) < 4.78 is 44.1. The number of aromatic nitrogens is 4. The van der Waals surface area contributed by atoms with Gasteiger partial charge in [0.05, 0.1) is 17.7 Å². The smallest absolute Gasteiger partial charge is 0.363 e. The standard InChI is InChI=1S/C23H24F3N5O2/c1-14(2)19(33-13-15-3-7-18(8-4-15)23(24,25)26)21(32)27-22(11-12-22)17-9-5-16(6-10-17)20-28-30-31-29-20/h3-10,14,19H,11-13H2,1-2H3,(H,27,32)(H,28,29,30,31). The second-order valence-electron chi connectivity index (χ2n) is 8.55. The van der Waals surface area contributed by atoms with Crippen molar-refractivity contribution >= 4 is 5.91 Å². The zero-order chi connectivity index (χ0) is 23.6. The number of amides is 1. The number of ether oxygens (including phenoxy) is 1. The van der Waals surface area contributed by atoms with Crippen LogP contribution < -0.4 is 5.32 Å². The predicted octanol–water partition coefficient (Wildman–Crippen LogP) is 4.23. The number of aromatic amines is 1. The number of rotatable bonds is 8. The van der Waals surface area contributed by atoms with Crippen LogP contribution in [-0.2, 0) is 27.9 Å². The monoisotopic (exact) mass is 459 g/mol. The van der Waals surface area contributed by atoms with E-state index in [4.69, 9.17) is 4.74 Å². The Labute approximate surface area is 188 Å². The summed E-state index contributed by atoms with van der Waals surface area (Å²) >= 11 is 0. The molecule has 1 fully saturated rings. The van der Waals surface area contributed by atoms with E-state index in [0.29, 0.717) is 11.4 Å². The first kappa shape index (κ1) is 22.9. The Morgan fingerprint density at radius 2 is 1.79 bits per heavy atom. The summed E-state index contributed by atoms with van der Waals surface area (Å²) in [5.41, 5.74) is 1.20. The topological polar surface area (TPSA) is 92.8 Å². The average molecular weight is 459 g/mol. The van der Waals surface area contributed by atoms with Crippen LogP contribution in [-0.4, -0.2) is 32.6 Å². The molecule has 4 rings (SSSR count). The van der Waals surface area contributed by atoms with E-state index in [1.807, 2.05) is 38.1 Å². The normalized spacial score (nSPS) is 15.9. The molecule has 0 bridgehead atoms. The summed E-state index contributed by atoms with van der Waals surface area (Å²) in [4.78, 5) is 13.1. The quantitative estimate of drug-likeness (QED) is 0.526. The molecule has 174 valence electrons. The molecule has 1 heterocycles. The molecule has 2 aromatic carbocycles. The fraction of sp³-hybridized carbons (Fsp3) is 0.391. The Hall–Kier alpha value is -3.27. The number of hydrogen-bond acceptors (Lipinski definition) is 5. The Bertz CT molecular complexity index is 1080. The van der Waals surface area contributed by atoms with Crippen LogP contribution in [0.1, 0.15) is 43.4 Å². The highest BCUT2D eigenvalue weighted by Crippen LogP contribution is 2.46. The second-order valence-corrected chi connectivity index (χ2v) is 8.55. The van der Waals surface area contributed by atoms with Crippen LogP contribution in [0.4, 0.5) is 13.2 Å². The van der Waals surface area contributed by atoms with Crippen molar-refractivity contribution in [1.29, 1.82) is 0 Å². The van der Waals surface area contributed by atoms with Crippen molar-refractivity contribution in [2.45, 2.75) is 51.1 Å². The lowest BCUT2D eigenvalue weighted by atomic mass is 10.0. The zero-order valence-corrected chi connectivity index (χ0v) is 18.2. The first-order chi connectivity index (χ1) is 15.7. The van der Waals surface area contributed by atoms with Crippen LogP contribution in [0.5, 0.6) is 0 Å². The largest absolute Gasteiger partial charge is 0.416 e. The molecule has 0 saturated heterocycles. The van der Waals surface area contributed by atoms with Gasteiger partial charge >= 0.3 is 6.18 Å². The summed E-state index contributed by atoms with van der Waals surface area (Å²) in [6.45, 7) is 3.79. The lowest BCUT2D eigenvalue weighted by Crippen LogP contribution is -2.44. The molecule has 2 N–H and O–H groups in total. The number of nitrogens with one attached hydrogen (secondary N) is 2. The molecule has 1 atom stereocenters. The van der Waals surface area contributed by atoms with E-state index in [2.05, 4.69) is 25.9 Å². The van der Waals surface area contributed by atoms with Gasteiger partial charge in [0, 0.05) is 5.56 Å². The van der Waals surface area contributed by atoms with E-state index in [0.717, 1.165) is 36.1 Å². The van der Waals surface area contributed by atoms with Gasteiger partial charge in [-0.05, 0) is 47.2 Å². The van der Waals surface area contributed by atoms with Crippen molar-refractivity contribution < 1.29 is 22.7 Å². The van der Waals surface area contributed by atoms with Gasteiger partial charge in [-0.25, -0.2) is 0 Å². The Balaban J connectivity index is 1.40. The minimum atomic E-state index is -4.39. The van der Waals surface area contributed by atoms with Gasteiger partial charge in [-0.1, -0.05) is 50.2 Å². The van der Waals surface area contributed by atoms with Gasteiger partial charge in [-0.3, -0.25) is 4.79 Å². The molecule has 1 unspecified atom stereocenters. The van der Waals surface area contributed by atoms with Crippen molar-refractivity contribution in [3.8, 4) is 11.4 Å². The van der Waals surface area contributed by atoms with Crippen molar-refractivity contribution in [2.75, 3.05) is 0 Å². The van der Waals surface area contributed by atoms with Gasteiger partial charge in [0.2, 0.25) is 11.7 Å². The minimum absolute atomic E-state index is 0.0425. The molecule has 0 aliphatic heterocycles. The third-order valence-corrected chi connectivity index (χ3v) is 5.73. The second kappa shape index (κ2) is 8.93. The number of halogens is 3. The Morgan fingerprint density at radius 3 is 2.30 bits per heavy atom. The molecule has 0 radical (unpaired) electrons. The van der Waals surface area contributed by atoms with Crippen molar-refractivity contribution in [3.63, 3.8) is 0 Å². The maximum atomic E-state index is 13.1. The highest BCUT2D eigenvalue weighted by atomic mass is 19.4. The number of H-pyrrole nitrogens is 1. The van der Waals surface area contributed by atoms with Crippen LogP contribution in [0.2, 0.25) is 0 Å². The highest BCUT2D eigenvalue weighted by Gasteiger charge is 2.47. The number of hydrogen-bond donors (Lipinski definition) is 2. The van der Waals surface area contributed by atoms with Gasteiger partial charge in [0.15, 0.2) is 0 Å². The van der Waals surface area contributed by atoms with Crippen LogP contribution >= 0.6 is 0 Å². The van der Waals surface area contributed by atoms with Crippen LogP contribution in [0.3, 0.4) is 0 Å². The lowest BCUT2D eigenvalue weighted by molar-refractivity contribution is -0.138. The number of alkyl halides is 3. The van der Waals surface area contributed by atoms with Crippen molar-refractivity contribution in [1.82, 2.24) is 25.9 Å². The van der Waals surface area contributed by atoms with E-state index in [1.165, 1.54) is 12.1 Å². The van der Waals surface area contributed by atoms with E-state index in [9.17, 15) is 18.0 Å². The first-order valence-corrected chi connectivity index (χ1v) is 10.6. The summed E-state index contributed by atoms with van der Waals surface area (Å²) in [5, 5.41) is 17.0. The molecule has 3 aromatic rings. The molecule has 7 nitrogen and oxygen atoms in total. The lowest BCUT2D eigenvalue weighted by Gasteiger charge is -2.25. The van der Waals surface area contributed by atoms with E-state index in [-0.39, 0.29) is 18.4 Å². The minimum Gasteiger partial charge on any atom is -0.363 e. The number of carbonyl (C=O) groups excluding carboxylic acids is 1. The molecule has 1 aliphatic rings. The maximum Gasteiger partial charge on any atom is 0.416 e. The Kier molecular flexibility index (Phi) is 6.20. The molecule has 1 aliphatic carbocycles. The van der Waals surface area contributed by atoms with Gasteiger partial charge in [-0.2, -0.15) is 18.4 Å². The van der Waals surface area contributed by atoms with Crippen LogP contribution in [0.25, 0.3) is 11.4 Å². The van der Waals surface area contributed by atoms with E-state index >= 15 is 0 Å². The SMILES string of the molecule is CC(C)C(OCc1ccc(C(F)(F)F)cc1)C(=O)NC1(c2ccc(-c3nn[nH]n3)cc2)CC1. The fourth-order valence-corrected chi connectivity index (χ4v) is 3.69. The van der Waals surface area contributed by atoms with Gasteiger partial charge < -0.3 is 10.1 Å². The summed E-state index contributed by atoms with van der Waals surface area (Å²) in [7, 11) is 0. The van der Waals surface area contributed by atoms with Crippen molar-refractivity contribution in [2.24, 2.45) is 5.92 Å². The number of benzene rings is 2. The van der Waals surface area contributed by atoms with Gasteiger partial charge in [0.1, 0.15) is 6.10 Å². The molecular formula is C23H24F3N5O2. The van der Waals surface area contributed by atoms with Gasteiger partial charge in [-0.15, -0.1) is 10.2 Å². The van der Waals surface area contributed by atoms with E-state index in [1.54, 1.807) is 0 Å². The van der Waals surface area contributed by atoms with Crippen molar-refractivity contribution in [3.05, 3.63) is 65.2 Å². The Morgan fingerprint density at radius 1 is 1.12 bits per heavy atom. The zero-order valence-electron chi connectivity index (χ0n) is 18.2. The number of carbonyl (C=O) groups is 1. The first-order valence-electron chi connectivity index (χ1n) is 10.6. The molecule has 33 heavy (non-hydrogen) atoms. The van der Waals surface area contributed by atoms with Gasteiger partial charge in [0.25, 0.3) is 0 Å². The molecule has 1 saturated carbocycles. The molecule has 1 aromatic heterocycles. The van der Waals surface area contributed by atoms with E-state index < -0.39 is 23.4 Å². The molecular weight excluding hydrogens is 435 g/mol. The third kappa shape index (κ3) is 5.22. The van der Waals surface area contributed by atoms with Crippen LogP contribution in [0, 0.1) is 5.92 Å². The number of nitrogens with zero attached hydrogens (tertiary/aromatic N) is 3. The molecule has 10 heteroatoms. The molecule has 0 spiro atoms. The summed E-state index contributed by atoms with van der Waals surface area (Å²) in [5.74, 6) is 0.138. The maximum absolute atomic E-state index is 13.1. The average Bonchev–Trinajstić information content (AvgIpc) is 3.34. The summed E-state index contributed by atoms with van der Waals surface area (Å²) in [6, 6.07) is 12.4. The fourth-order valence-electron chi connectivity index (χ4n) is 3.69.